The first kappa shape index (κ1) is 27.8. The van der Waals surface area contributed by atoms with Crippen LogP contribution < -0.4 is 15.5 Å². The first-order valence-electron chi connectivity index (χ1n) is 13.0. The molecule has 1 saturated heterocycles. The summed E-state index contributed by atoms with van der Waals surface area (Å²) in [6.07, 6.45) is 3.71. The van der Waals surface area contributed by atoms with Gasteiger partial charge < -0.3 is 20.3 Å². The van der Waals surface area contributed by atoms with E-state index in [0.717, 1.165) is 24.1 Å². The molecule has 10 heteroatoms. The third kappa shape index (κ3) is 6.98. The van der Waals surface area contributed by atoms with Gasteiger partial charge in [-0.25, -0.2) is 4.79 Å². The predicted molar refractivity (Wildman–Crippen MR) is 151 cm³/mol. The Kier molecular flexibility index (Phi) is 8.82. The minimum Gasteiger partial charge on any atom is -0.469 e. The average molecular weight is 541 g/mol. The Morgan fingerprint density at radius 3 is 2.37 bits per heavy atom. The van der Waals surface area contributed by atoms with Gasteiger partial charge in [0.05, 0.1) is 36.5 Å². The molecule has 1 saturated carbocycles. The number of methoxy groups -OCH3 is 1. The number of carbonyl (C=O) groups excluding carboxylic acids is 2. The number of anilines is 3. The number of hydrogen-bond donors (Lipinski definition) is 4. The SMILES string of the molecule is CCN(c1ccc(C(CC(=O)OC)C2CC2)cc1NC(=O)Nc1ccc(C#N)cc1)C1CCS(O)(O)CC1. The molecule has 0 spiro atoms. The van der Waals surface area contributed by atoms with Crippen LogP contribution in [0.2, 0.25) is 0 Å². The van der Waals surface area contributed by atoms with Crippen molar-refractivity contribution in [3.05, 3.63) is 53.6 Å². The summed E-state index contributed by atoms with van der Waals surface area (Å²) in [7, 11) is -1.12. The molecule has 0 aromatic heterocycles. The molecule has 2 aromatic rings. The molecule has 1 atom stereocenters. The minimum atomic E-state index is -2.51. The fraction of sp³-hybridized carbons (Fsp3) is 0.464. The number of amides is 2. The highest BCUT2D eigenvalue weighted by Crippen LogP contribution is 2.48. The monoisotopic (exact) mass is 540 g/mol. The van der Waals surface area contributed by atoms with E-state index in [2.05, 4.69) is 21.6 Å². The van der Waals surface area contributed by atoms with Gasteiger partial charge >= 0.3 is 12.0 Å². The lowest BCUT2D eigenvalue weighted by molar-refractivity contribution is -0.141. The molecule has 38 heavy (non-hydrogen) atoms. The third-order valence-corrected chi connectivity index (χ3v) is 9.20. The van der Waals surface area contributed by atoms with Crippen LogP contribution in [-0.4, -0.2) is 52.3 Å². The largest absolute Gasteiger partial charge is 0.469 e. The van der Waals surface area contributed by atoms with Crippen LogP contribution in [0.1, 0.15) is 56.1 Å². The molecule has 2 aliphatic rings. The predicted octanol–water partition coefficient (Wildman–Crippen LogP) is 6.00. The highest BCUT2D eigenvalue weighted by molar-refractivity contribution is 8.24. The van der Waals surface area contributed by atoms with Crippen molar-refractivity contribution in [1.82, 2.24) is 0 Å². The maximum Gasteiger partial charge on any atom is 0.323 e. The Labute approximate surface area is 225 Å². The average Bonchev–Trinajstić information content (AvgIpc) is 3.75. The first-order valence-corrected chi connectivity index (χ1v) is 14.9. The summed E-state index contributed by atoms with van der Waals surface area (Å²) in [5, 5.41) is 14.9. The van der Waals surface area contributed by atoms with Crippen molar-refractivity contribution in [2.75, 3.05) is 40.7 Å². The quantitative estimate of drug-likeness (QED) is 0.287. The van der Waals surface area contributed by atoms with E-state index in [4.69, 9.17) is 10.00 Å². The zero-order valence-corrected chi connectivity index (χ0v) is 22.7. The molecule has 2 fully saturated rings. The van der Waals surface area contributed by atoms with E-state index >= 15 is 0 Å². The highest BCUT2D eigenvalue weighted by Gasteiger charge is 2.35. The normalized spacial score (nSPS) is 18.5. The van der Waals surface area contributed by atoms with Crippen LogP contribution in [0.5, 0.6) is 0 Å². The van der Waals surface area contributed by atoms with Crippen LogP contribution >= 0.6 is 10.6 Å². The van der Waals surface area contributed by atoms with Crippen LogP contribution in [0.4, 0.5) is 21.9 Å². The number of nitrogens with zero attached hydrogens (tertiary/aromatic N) is 2. The van der Waals surface area contributed by atoms with Gasteiger partial charge in [0.25, 0.3) is 0 Å². The zero-order chi connectivity index (χ0) is 27.3. The van der Waals surface area contributed by atoms with Crippen molar-refractivity contribution in [2.45, 2.75) is 51.0 Å². The van der Waals surface area contributed by atoms with Crippen LogP contribution in [0.3, 0.4) is 0 Å². The number of ether oxygens (including phenoxy) is 1. The van der Waals surface area contributed by atoms with Crippen molar-refractivity contribution in [3.8, 4) is 6.07 Å². The molecule has 1 aliphatic heterocycles. The molecule has 9 nitrogen and oxygen atoms in total. The summed E-state index contributed by atoms with van der Waals surface area (Å²) in [6.45, 7) is 2.73. The van der Waals surface area contributed by atoms with E-state index in [9.17, 15) is 18.7 Å². The second kappa shape index (κ2) is 12.1. The zero-order valence-electron chi connectivity index (χ0n) is 21.9. The number of nitriles is 1. The smallest absolute Gasteiger partial charge is 0.323 e. The van der Waals surface area contributed by atoms with Crippen molar-refractivity contribution < 1.29 is 23.4 Å². The lowest BCUT2D eigenvalue weighted by Gasteiger charge is -2.44. The maximum atomic E-state index is 13.1. The van der Waals surface area contributed by atoms with Gasteiger partial charge in [-0.15, -0.1) is 0 Å². The van der Waals surface area contributed by atoms with Crippen molar-refractivity contribution in [3.63, 3.8) is 0 Å². The van der Waals surface area contributed by atoms with Gasteiger partial charge in [-0.3, -0.25) is 13.9 Å². The molecule has 4 N–H and O–H groups in total. The summed E-state index contributed by atoms with van der Waals surface area (Å²) in [6, 6.07) is 14.4. The lowest BCUT2D eigenvalue weighted by atomic mass is 9.90. The Balaban J connectivity index is 1.62. The molecule has 204 valence electrons. The lowest BCUT2D eigenvalue weighted by Crippen LogP contribution is -2.40. The molecular formula is C28H36N4O5S. The minimum absolute atomic E-state index is 0.0105. The second-order valence-corrected chi connectivity index (χ2v) is 12.4. The van der Waals surface area contributed by atoms with E-state index in [1.807, 2.05) is 25.1 Å². The molecule has 1 aliphatic carbocycles. The molecule has 2 aromatic carbocycles. The number of esters is 1. The first-order chi connectivity index (χ1) is 18.2. The summed E-state index contributed by atoms with van der Waals surface area (Å²) in [5.41, 5.74) is 3.52. The Bertz CT molecular complexity index is 1180. The van der Waals surface area contributed by atoms with Gasteiger partial charge in [-0.2, -0.15) is 15.9 Å². The van der Waals surface area contributed by atoms with Crippen LogP contribution in [0, 0.1) is 17.2 Å². The summed E-state index contributed by atoms with van der Waals surface area (Å²) in [5.74, 6) is 0.909. The highest BCUT2D eigenvalue weighted by atomic mass is 32.3. The number of carbonyl (C=O) groups is 2. The fourth-order valence-electron chi connectivity index (χ4n) is 5.20. The molecule has 1 heterocycles. The van der Waals surface area contributed by atoms with Gasteiger partial charge in [0.15, 0.2) is 0 Å². The molecule has 0 radical (unpaired) electrons. The Hall–Kier alpha value is -3.26. The van der Waals surface area contributed by atoms with Crippen LogP contribution in [0.25, 0.3) is 0 Å². The fourth-order valence-corrected chi connectivity index (χ4v) is 6.70. The van der Waals surface area contributed by atoms with Gasteiger partial charge in [-0.05, 0) is 86.4 Å². The van der Waals surface area contributed by atoms with E-state index in [1.165, 1.54) is 7.11 Å². The number of rotatable bonds is 9. The summed E-state index contributed by atoms with van der Waals surface area (Å²) in [4.78, 5) is 27.4. The van der Waals surface area contributed by atoms with Crippen LogP contribution in [0.15, 0.2) is 42.5 Å². The van der Waals surface area contributed by atoms with Crippen molar-refractivity contribution in [1.29, 1.82) is 5.26 Å². The molecule has 1 unspecified atom stereocenters. The Morgan fingerprint density at radius 1 is 1.11 bits per heavy atom. The van der Waals surface area contributed by atoms with Gasteiger partial charge in [0.1, 0.15) is 0 Å². The van der Waals surface area contributed by atoms with E-state index in [-0.39, 0.29) is 24.3 Å². The summed E-state index contributed by atoms with van der Waals surface area (Å²) < 4.78 is 25.2. The molecular weight excluding hydrogens is 504 g/mol. The topological polar surface area (TPSA) is 135 Å². The standard InChI is InChI=1S/C28H36N4O5S/c1-3-32(23-12-14-38(35,36)15-13-23)26-11-8-21(24(20-6-7-20)17-27(33)37-2)16-25(26)31-28(34)30-22-9-4-19(18-29)5-10-22/h4-5,8-11,16,20,23-24,35-36H,3,6-7,12-15,17H2,1-2H3,(H2,30,31,34). The third-order valence-electron chi connectivity index (χ3n) is 7.42. The number of nitrogens with one attached hydrogen (secondary N) is 2. The van der Waals surface area contributed by atoms with Gasteiger partial charge in [0, 0.05) is 29.8 Å². The van der Waals surface area contributed by atoms with Gasteiger partial charge in [-0.1, -0.05) is 6.07 Å². The summed E-state index contributed by atoms with van der Waals surface area (Å²) >= 11 is 0. The van der Waals surface area contributed by atoms with Crippen molar-refractivity contribution in [2.24, 2.45) is 5.92 Å². The van der Waals surface area contributed by atoms with Gasteiger partial charge in [0.2, 0.25) is 0 Å². The molecule has 0 bridgehead atoms. The van der Waals surface area contributed by atoms with Crippen molar-refractivity contribution >= 4 is 39.7 Å². The number of hydrogen-bond acceptors (Lipinski definition) is 7. The second-order valence-electron chi connectivity index (χ2n) is 10.00. The van der Waals surface area contributed by atoms with E-state index < -0.39 is 16.6 Å². The molecule has 4 rings (SSSR count). The van der Waals surface area contributed by atoms with Crippen LogP contribution in [-0.2, 0) is 9.53 Å². The van der Waals surface area contributed by atoms with E-state index in [1.54, 1.807) is 24.3 Å². The number of urea groups is 1. The molecule has 2 amide bonds. The maximum absolute atomic E-state index is 13.1. The van der Waals surface area contributed by atoms with E-state index in [0.29, 0.717) is 53.7 Å². The number of benzene rings is 2. The Morgan fingerprint density at radius 2 is 1.79 bits per heavy atom.